The summed E-state index contributed by atoms with van der Waals surface area (Å²) >= 11 is 1.85. The number of fused-ring (bicyclic) bond motifs is 3. The first-order valence-corrected chi connectivity index (χ1v) is 4.56. The van der Waals surface area contributed by atoms with E-state index in [2.05, 4.69) is 34.3 Å². The fourth-order valence-electron chi connectivity index (χ4n) is 1.64. The van der Waals surface area contributed by atoms with Crippen molar-refractivity contribution in [2.24, 2.45) is 0 Å². The van der Waals surface area contributed by atoms with E-state index in [-0.39, 0.29) is 0 Å². The van der Waals surface area contributed by atoms with Crippen LogP contribution in [0.15, 0.2) is 29.8 Å². The predicted octanol–water partition coefficient (Wildman–Crippen LogP) is 2.44. The fraction of sp³-hybridized carbons (Fsp3) is 0.111. The zero-order valence-electron chi connectivity index (χ0n) is 5.95. The Bertz CT molecular complexity index is 359. The lowest BCUT2D eigenvalue weighted by Crippen LogP contribution is -1.85. The summed E-state index contributed by atoms with van der Waals surface area (Å²) in [6.07, 6.45) is 3.26. The van der Waals surface area contributed by atoms with Gasteiger partial charge in [-0.2, -0.15) is 0 Å². The summed E-state index contributed by atoms with van der Waals surface area (Å²) in [4.78, 5) is 1.50. The van der Waals surface area contributed by atoms with Crippen LogP contribution < -0.4 is 0 Å². The van der Waals surface area contributed by atoms with Crippen LogP contribution in [0.25, 0.3) is 5.69 Å². The molecule has 0 saturated heterocycles. The summed E-state index contributed by atoms with van der Waals surface area (Å²) in [6.45, 7) is 0. The second-order valence-electron chi connectivity index (χ2n) is 2.78. The molecule has 0 amide bonds. The summed E-state index contributed by atoms with van der Waals surface area (Å²) in [5.41, 5.74) is 2.81. The highest BCUT2D eigenvalue weighted by Crippen LogP contribution is 2.31. The normalized spacial score (nSPS) is 13.1. The van der Waals surface area contributed by atoms with Crippen molar-refractivity contribution in [1.82, 2.24) is 4.57 Å². The van der Waals surface area contributed by atoms with E-state index >= 15 is 0 Å². The van der Waals surface area contributed by atoms with Gasteiger partial charge in [-0.05, 0) is 23.6 Å². The maximum absolute atomic E-state index is 2.27. The van der Waals surface area contributed by atoms with Crippen molar-refractivity contribution in [2.45, 2.75) is 6.42 Å². The molecule has 0 aromatic carbocycles. The van der Waals surface area contributed by atoms with Crippen molar-refractivity contribution in [3.8, 4) is 5.69 Å². The molecule has 0 N–H and O–H groups in total. The number of nitrogens with zero attached hydrogens (tertiary/aromatic N) is 1. The Morgan fingerprint density at radius 2 is 2.36 bits per heavy atom. The van der Waals surface area contributed by atoms with Crippen molar-refractivity contribution < 1.29 is 0 Å². The molecule has 1 nitrogen and oxygen atoms in total. The van der Waals surface area contributed by atoms with Gasteiger partial charge in [-0.25, -0.2) is 0 Å². The average Bonchev–Trinajstić information content (AvgIpc) is 2.52. The van der Waals surface area contributed by atoms with Gasteiger partial charge in [0, 0.05) is 23.2 Å². The van der Waals surface area contributed by atoms with Gasteiger partial charge < -0.3 is 4.57 Å². The van der Waals surface area contributed by atoms with Gasteiger partial charge in [0.05, 0.1) is 5.69 Å². The Kier molecular flexibility index (Phi) is 0.902. The van der Waals surface area contributed by atoms with E-state index in [1.807, 2.05) is 11.3 Å². The van der Waals surface area contributed by atoms with E-state index in [1.54, 1.807) is 0 Å². The van der Waals surface area contributed by atoms with Crippen molar-refractivity contribution in [3.05, 3.63) is 40.3 Å². The number of aromatic nitrogens is 1. The second-order valence-corrected chi connectivity index (χ2v) is 3.78. The molecule has 0 unspecified atom stereocenters. The van der Waals surface area contributed by atoms with Crippen LogP contribution in [0.3, 0.4) is 0 Å². The van der Waals surface area contributed by atoms with Gasteiger partial charge in [-0.15, -0.1) is 11.3 Å². The number of hydrogen-bond donors (Lipinski definition) is 0. The number of thiophene rings is 1. The summed E-state index contributed by atoms with van der Waals surface area (Å²) in [5.74, 6) is 0. The Hall–Kier alpha value is -1.02. The molecule has 11 heavy (non-hydrogen) atoms. The molecule has 2 heteroatoms. The summed E-state index contributed by atoms with van der Waals surface area (Å²) in [5, 5.41) is 2.16. The van der Waals surface area contributed by atoms with E-state index in [4.69, 9.17) is 0 Å². The number of rotatable bonds is 0. The topological polar surface area (TPSA) is 4.93 Å². The van der Waals surface area contributed by atoms with Crippen LogP contribution in [-0.4, -0.2) is 4.57 Å². The van der Waals surface area contributed by atoms with Gasteiger partial charge in [0.15, 0.2) is 0 Å². The van der Waals surface area contributed by atoms with E-state index in [0.29, 0.717) is 0 Å². The third-order valence-electron chi connectivity index (χ3n) is 2.16. The molecule has 1 aliphatic rings. The first-order chi connectivity index (χ1) is 5.45. The van der Waals surface area contributed by atoms with Gasteiger partial charge in [0.25, 0.3) is 0 Å². The Balaban J connectivity index is 2.38. The molecule has 3 rings (SSSR count). The Morgan fingerprint density at radius 3 is 3.36 bits per heavy atom. The lowest BCUT2D eigenvalue weighted by Gasteiger charge is -1.94. The molecule has 0 fully saturated rings. The smallest absolute Gasteiger partial charge is 0.0595 e. The van der Waals surface area contributed by atoms with Gasteiger partial charge in [0.1, 0.15) is 0 Å². The second kappa shape index (κ2) is 1.77. The van der Waals surface area contributed by atoms with Crippen LogP contribution in [0.5, 0.6) is 0 Å². The highest BCUT2D eigenvalue weighted by Gasteiger charge is 2.17. The van der Waals surface area contributed by atoms with E-state index in [0.717, 1.165) is 6.42 Å². The standard InChI is InChI=1S/C9H7NS/c1-2-7-6-9-8(3-5-11-9)10(7)4-1/h1-5H,6H2. The monoisotopic (exact) mass is 161 g/mol. The molecule has 0 spiro atoms. The number of hydrogen-bond acceptors (Lipinski definition) is 1. The summed E-state index contributed by atoms with van der Waals surface area (Å²) in [7, 11) is 0. The SMILES string of the molecule is c1cc2n(c1)-c1ccsc1C2. The molecule has 0 saturated carbocycles. The maximum atomic E-state index is 2.27. The van der Waals surface area contributed by atoms with Crippen LogP contribution in [0.2, 0.25) is 0 Å². The van der Waals surface area contributed by atoms with Crippen LogP contribution in [-0.2, 0) is 6.42 Å². The summed E-state index contributed by atoms with van der Waals surface area (Å²) in [6, 6.07) is 6.49. The molecule has 3 heterocycles. The quantitative estimate of drug-likeness (QED) is 0.477. The molecule has 1 aliphatic heterocycles. The third kappa shape index (κ3) is 0.601. The predicted molar refractivity (Wildman–Crippen MR) is 46.5 cm³/mol. The van der Waals surface area contributed by atoms with Crippen molar-refractivity contribution >= 4 is 11.3 Å². The van der Waals surface area contributed by atoms with Gasteiger partial charge in [-0.3, -0.25) is 0 Å². The zero-order chi connectivity index (χ0) is 7.26. The highest BCUT2D eigenvalue weighted by atomic mass is 32.1. The van der Waals surface area contributed by atoms with Crippen molar-refractivity contribution in [1.29, 1.82) is 0 Å². The Labute approximate surface area is 68.9 Å². The highest BCUT2D eigenvalue weighted by molar-refractivity contribution is 7.10. The van der Waals surface area contributed by atoms with Crippen LogP contribution >= 0.6 is 11.3 Å². The third-order valence-corrected chi connectivity index (χ3v) is 3.07. The maximum Gasteiger partial charge on any atom is 0.0595 e. The lowest BCUT2D eigenvalue weighted by molar-refractivity contribution is 1.05. The van der Waals surface area contributed by atoms with Gasteiger partial charge in [0.2, 0.25) is 0 Å². The average molecular weight is 161 g/mol. The minimum absolute atomic E-state index is 1.12. The molecule has 0 bridgehead atoms. The van der Waals surface area contributed by atoms with Gasteiger partial charge >= 0.3 is 0 Å². The van der Waals surface area contributed by atoms with E-state index in [1.165, 1.54) is 16.3 Å². The molecule has 54 valence electrons. The lowest BCUT2D eigenvalue weighted by atomic mass is 10.3. The van der Waals surface area contributed by atoms with Crippen molar-refractivity contribution in [2.75, 3.05) is 0 Å². The molecule has 0 radical (unpaired) electrons. The minimum atomic E-state index is 1.12. The summed E-state index contributed by atoms with van der Waals surface area (Å²) < 4.78 is 2.27. The first-order valence-electron chi connectivity index (χ1n) is 3.68. The van der Waals surface area contributed by atoms with Crippen LogP contribution in [0.1, 0.15) is 10.6 Å². The molecule has 0 aliphatic carbocycles. The van der Waals surface area contributed by atoms with Gasteiger partial charge in [-0.1, -0.05) is 0 Å². The molecule has 2 aromatic heterocycles. The van der Waals surface area contributed by atoms with Crippen LogP contribution in [0, 0.1) is 0 Å². The van der Waals surface area contributed by atoms with E-state index in [9.17, 15) is 0 Å². The first kappa shape index (κ1) is 5.61. The molecule has 2 aromatic rings. The zero-order valence-corrected chi connectivity index (χ0v) is 6.77. The molecular formula is C9H7NS. The minimum Gasteiger partial charge on any atom is -0.319 e. The Morgan fingerprint density at radius 1 is 1.36 bits per heavy atom. The molecular weight excluding hydrogens is 154 g/mol. The largest absolute Gasteiger partial charge is 0.319 e. The van der Waals surface area contributed by atoms with E-state index < -0.39 is 0 Å². The van der Waals surface area contributed by atoms with Crippen molar-refractivity contribution in [3.63, 3.8) is 0 Å². The van der Waals surface area contributed by atoms with Crippen LogP contribution in [0.4, 0.5) is 0 Å². The fourth-order valence-corrected chi connectivity index (χ4v) is 2.52. The molecule has 0 atom stereocenters.